The molecule has 58 heavy (non-hydrogen) atoms. The van der Waals surface area contributed by atoms with Crippen LogP contribution >= 0.6 is 0 Å². The van der Waals surface area contributed by atoms with Gasteiger partial charge in [0, 0.05) is 37.8 Å². The molecule has 306 valence electrons. The zero-order valence-electron chi connectivity index (χ0n) is 33.6. The van der Waals surface area contributed by atoms with Crippen molar-refractivity contribution in [1.29, 1.82) is 0 Å². The Bertz CT molecular complexity index is 2470. The largest absolute Gasteiger partial charge is 0.494 e. The monoisotopic (exact) mass is 795 g/mol. The highest BCUT2D eigenvalue weighted by molar-refractivity contribution is 6.05. The van der Waals surface area contributed by atoms with Crippen LogP contribution in [-0.2, 0) is 26.7 Å². The first-order chi connectivity index (χ1) is 28.0. The third-order valence-corrected chi connectivity index (χ3v) is 9.07. The lowest BCUT2D eigenvalue weighted by atomic mass is 10.1. The summed E-state index contributed by atoms with van der Waals surface area (Å²) < 4.78 is 18.5. The van der Waals surface area contributed by atoms with Gasteiger partial charge >= 0.3 is 0 Å². The highest BCUT2D eigenvalue weighted by atomic mass is 16.5. The number of methoxy groups -OCH3 is 1. The number of aryl methyl sites for hydroxylation is 4. The Morgan fingerprint density at radius 3 is 2.10 bits per heavy atom. The molecule has 0 radical (unpaired) electrons. The van der Waals surface area contributed by atoms with Crippen molar-refractivity contribution in [3.8, 4) is 11.5 Å². The van der Waals surface area contributed by atoms with E-state index >= 15 is 0 Å². The summed E-state index contributed by atoms with van der Waals surface area (Å²) in [5, 5.41) is 17.5. The van der Waals surface area contributed by atoms with E-state index < -0.39 is 17.7 Å². The molecular formula is C39H49N13O6. The fourth-order valence-corrected chi connectivity index (χ4v) is 6.46. The molecule has 0 aliphatic rings. The average molecular weight is 796 g/mol. The first-order valence-electron chi connectivity index (χ1n) is 18.5. The molecule has 0 saturated carbocycles. The molecule has 3 amide bonds. The molecule has 0 spiro atoms. The highest BCUT2D eigenvalue weighted by Crippen LogP contribution is 2.33. The first-order valence-corrected chi connectivity index (χ1v) is 18.5. The van der Waals surface area contributed by atoms with Crippen molar-refractivity contribution in [2.24, 2.45) is 18.5 Å². The van der Waals surface area contributed by atoms with E-state index in [0.717, 1.165) is 12.8 Å². The highest BCUT2D eigenvalue weighted by Gasteiger charge is 2.23. The number of benzene rings is 2. The van der Waals surface area contributed by atoms with Gasteiger partial charge in [-0.15, -0.1) is 0 Å². The number of fused-ring (bicyclic) bond motifs is 2. The van der Waals surface area contributed by atoms with E-state index in [4.69, 9.17) is 20.2 Å². The van der Waals surface area contributed by atoms with Crippen LogP contribution in [-0.4, -0.2) is 97.0 Å². The van der Waals surface area contributed by atoms with Crippen molar-refractivity contribution in [2.45, 2.75) is 46.8 Å². The van der Waals surface area contributed by atoms with Gasteiger partial charge in [-0.3, -0.25) is 39.2 Å². The van der Waals surface area contributed by atoms with Crippen LogP contribution in [0.15, 0.2) is 48.7 Å². The summed E-state index contributed by atoms with van der Waals surface area (Å²) >= 11 is 0. The number of aromatic nitrogens is 8. The van der Waals surface area contributed by atoms with Crippen LogP contribution in [0.1, 0.15) is 66.3 Å². The van der Waals surface area contributed by atoms with Gasteiger partial charge in [0.25, 0.3) is 11.8 Å². The van der Waals surface area contributed by atoms with Crippen LogP contribution < -0.4 is 36.9 Å². The maximum absolute atomic E-state index is 13.6. The number of nitrogens with one attached hydrogen (secondary N) is 3. The number of nitrogens with two attached hydrogens (primary N) is 2. The van der Waals surface area contributed by atoms with Crippen molar-refractivity contribution < 1.29 is 28.7 Å². The van der Waals surface area contributed by atoms with Gasteiger partial charge in [0.05, 0.1) is 36.6 Å². The topological polar surface area (TPSA) is 246 Å². The van der Waals surface area contributed by atoms with Crippen LogP contribution in [0, 0.1) is 13.8 Å². The fraction of sp³-hybridized carbons (Fsp3) is 0.333. The Hall–Kier alpha value is -6.86. The molecule has 0 bridgehead atoms. The SMILES string of the molecule is CCn1nc(C)cc1C(=O)Nc1nc2cc(C(N)=O)cc(OC)c2n1C/C=C/Cn1c(NC(=O)c2c(C)cnn2C)nc2cc(C=O)cc(OCCCNC)c21.CN. The molecule has 4 heterocycles. The van der Waals surface area contributed by atoms with Crippen molar-refractivity contribution in [1.82, 2.24) is 44.0 Å². The standard InChI is InChI=1S/C38H44N12O6.CH5N/c1-7-50-28(15-23(3)46-50)35(53)44-37-43-27-18-25(34(39)52)19-29(55-6)32(27)48(37)12-8-9-13-49-33-26(16-24(21-51)17-30(33)56-14-10-11-40-4)42-38(49)45-36(54)31-22(2)20-41-47(31)5;1-2/h8-9,15-21,40H,7,10-14H2,1-6H3,(H2,39,52)(H,42,45,54)(H,43,44,53);2H2,1H3/b9-8+;. The third-order valence-electron chi connectivity index (χ3n) is 9.07. The second-order valence-electron chi connectivity index (χ2n) is 13.0. The van der Waals surface area contributed by atoms with Crippen molar-refractivity contribution in [2.75, 3.05) is 45.0 Å². The number of hydrogen-bond donors (Lipinski definition) is 5. The van der Waals surface area contributed by atoms with E-state index in [0.29, 0.717) is 81.3 Å². The molecule has 6 rings (SSSR count). The number of carbonyl (C=O) groups is 4. The summed E-state index contributed by atoms with van der Waals surface area (Å²) in [7, 11) is 6.50. The molecule has 2 aromatic carbocycles. The number of ether oxygens (including phenoxy) is 2. The number of primary amides is 1. The number of allylic oxidation sites excluding steroid dienone is 2. The molecule has 4 aromatic heterocycles. The molecule has 0 fully saturated rings. The Kier molecular flexibility index (Phi) is 13.7. The summed E-state index contributed by atoms with van der Waals surface area (Å²) in [6.07, 6.45) is 6.76. The Balaban J connectivity index is 0.00000315. The minimum atomic E-state index is -0.660. The fourth-order valence-electron chi connectivity index (χ4n) is 6.46. The molecule has 19 nitrogen and oxygen atoms in total. The molecule has 0 unspecified atom stereocenters. The van der Waals surface area contributed by atoms with Crippen LogP contribution in [0.5, 0.6) is 11.5 Å². The summed E-state index contributed by atoms with van der Waals surface area (Å²) in [6.45, 7) is 7.46. The minimum Gasteiger partial charge on any atom is -0.494 e. The van der Waals surface area contributed by atoms with Gasteiger partial charge in [0.15, 0.2) is 0 Å². The molecular weight excluding hydrogens is 747 g/mol. The predicted molar refractivity (Wildman–Crippen MR) is 220 cm³/mol. The normalized spacial score (nSPS) is 11.2. The quantitative estimate of drug-likeness (QED) is 0.0508. The van der Waals surface area contributed by atoms with Crippen molar-refractivity contribution in [3.05, 3.63) is 82.5 Å². The molecule has 0 aliphatic heterocycles. The van der Waals surface area contributed by atoms with Gasteiger partial charge < -0.3 is 35.4 Å². The zero-order chi connectivity index (χ0) is 42.1. The van der Waals surface area contributed by atoms with Gasteiger partial charge in [-0.25, -0.2) is 9.97 Å². The summed E-state index contributed by atoms with van der Waals surface area (Å²) in [5.74, 6) is -0.317. The van der Waals surface area contributed by atoms with E-state index in [-0.39, 0.29) is 30.5 Å². The molecule has 0 aliphatic carbocycles. The van der Waals surface area contributed by atoms with Gasteiger partial charge in [-0.05, 0) is 83.7 Å². The molecule has 0 saturated heterocycles. The number of hydrogen-bond acceptors (Lipinski definition) is 12. The number of carbonyl (C=O) groups excluding carboxylic acids is 4. The molecule has 19 heteroatoms. The van der Waals surface area contributed by atoms with Crippen LogP contribution in [0.3, 0.4) is 0 Å². The molecule has 6 aromatic rings. The van der Waals surface area contributed by atoms with E-state index in [1.807, 2.05) is 26.1 Å². The van der Waals surface area contributed by atoms with E-state index in [2.05, 4.69) is 36.9 Å². The third kappa shape index (κ3) is 8.90. The van der Waals surface area contributed by atoms with Crippen LogP contribution in [0.25, 0.3) is 22.1 Å². The predicted octanol–water partition coefficient (Wildman–Crippen LogP) is 3.20. The Labute approximate surface area is 334 Å². The number of amides is 3. The average Bonchev–Trinajstić information content (AvgIpc) is 3.97. The van der Waals surface area contributed by atoms with Crippen molar-refractivity contribution in [3.63, 3.8) is 0 Å². The lowest BCUT2D eigenvalue weighted by Crippen LogP contribution is -2.20. The minimum absolute atomic E-state index is 0.190. The Morgan fingerprint density at radius 2 is 1.53 bits per heavy atom. The van der Waals surface area contributed by atoms with E-state index in [1.165, 1.54) is 24.9 Å². The number of aldehydes is 1. The first kappa shape index (κ1) is 42.3. The summed E-state index contributed by atoms with van der Waals surface area (Å²) in [6, 6.07) is 8.04. The smallest absolute Gasteiger partial charge is 0.276 e. The second-order valence-corrected chi connectivity index (χ2v) is 13.0. The van der Waals surface area contributed by atoms with Gasteiger partial charge in [0.1, 0.15) is 40.2 Å². The maximum Gasteiger partial charge on any atom is 0.276 e. The van der Waals surface area contributed by atoms with E-state index in [1.54, 1.807) is 65.2 Å². The zero-order valence-corrected chi connectivity index (χ0v) is 33.6. The Morgan fingerprint density at radius 1 is 0.897 bits per heavy atom. The second kappa shape index (κ2) is 18.9. The van der Waals surface area contributed by atoms with Gasteiger partial charge in [0.2, 0.25) is 17.8 Å². The van der Waals surface area contributed by atoms with Crippen molar-refractivity contribution >= 4 is 58.0 Å². The van der Waals surface area contributed by atoms with Crippen LogP contribution in [0.4, 0.5) is 11.9 Å². The maximum atomic E-state index is 13.6. The molecule has 7 N–H and O–H groups in total. The van der Waals surface area contributed by atoms with Gasteiger partial charge in [-0.1, -0.05) is 12.2 Å². The number of anilines is 2. The molecule has 0 atom stereocenters. The van der Waals surface area contributed by atoms with Crippen LogP contribution in [0.2, 0.25) is 0 Å². The summed E-state index contributed by atoms with van der Waals surface area (Å²) in [4.78, 5) is 60.7. The number of rotatable bonds is 17. The lowest BCUT2D eigenvalue weighted by Gasteiger charge is -2.13. The number of imidazole rings is 2. The van der Waals surface area contributed by atoms with E-state index in [9.17, 15) is 19.2 Å². The summed E-state index contributed by atoms with van der Waals surface area (Å²) in [5.41, 5.74) is 14.7. The van der Waals surface area contributed by atoms with Gasteiger partial charge in [-0.2, -0.15) is 10.2 Å². The lowest BCUT2D eigenvalue weighted by molar-refractivity contribution is 0.0994. The number of nitrogens with zero attached hydrogens (tertiary/aromatic N) is 8.